The van der Waals surface area contributed by atoms with E-state index >= 15 is 0 Å². The van der Waals surface area contributed by atoms with Crippen LogP contribution in [0.25, 0.3) is 11.3 Å². The van der Waals surface area contributed by atoms with Gasteiger partial charge in [-0.05, 0) is 42.8 Å². The molecule has 0 radical (unpaired) electrons. The summed E-state index contributed by atoms with van der Waals surface area (Å²) in [5.74, 6) is 1.08. The maximum absolute atomic E-state index is 12.7. The lowest BCUT2D eigenvalue weighted by atomic mass is 10.1. The van der Waals surface area contributed by atoms with Crippen LogP contribution in [-0.4, -0.2) is 42.7 Å². The minimum Gasteiger partial charge on any atom is -0.497 e. The number of carbonyl (C=O) groups is 1. The summed E-state index contributed by atoms with van der Waals surface area (Å²) in [5.41, 5.74) is 2.02. The Kier molecular flexibility index (Phi) is 5.10. The van der Waals surface area contributed by atoms with Gasteiger partial charge in [-0.2, -0.15) is 5.10 Å². The molecule has 1 aliphatic heterocycles. The molecular formula is C21H21N3O4S. The predicted molar refractivity (Wildman–Crippen MR) is 111 cm³/mol. The third kappa shape index (κ3) is 4.17. The molecule has 0 spiro atoms. The number of benzene rings is 2. The summed E-state index contributed by atoms with van der Waals surface area (Å²) in [6.07, 6.45) is 0.472. The number of hydrogen-bond acceptors (Lipinski definition) is 5. The van der Waals surface area contributed by atoms with E-state index in [1.165, 1.54) is 0 Å². The van der Waals surface area contributed by atoms with E-state index in [-0.39, 0.29) is 23.5 Å². The molecule has 0 bridgehead atoms. The van der Waals surface area contributed by atoms with E-state index in [4.69, 9.17) is 4.74 Å². The van der Waals surface area contributed by atoms with Gasteiger partial charge in [0.15, 0.2) is 9.84 Å². The number of ether oxygens (including phenoxy) is 1. The quantitative estimate of drug-likeness (QED) is 0.696. The lowest BCUT2D eigenvalue weighted by Crippen LogP contribution is -2.19. The molecule has 29 heavy (non-hydrogen) atoms. The molecule has 1 N–H and O–H groups in total. The molecule has 2 aromatic carbocycles. The number of nitrogens with one attached hydrogen (secondary N) is 1. The van der Waals surface area contributed by atoms with Gasteiger partial charge in [0.1, 0.15) is 11.6 Å². The molecule has 1 fully saturated rings. The third-order valence-corrected chi connectivity index (χ3v) is 6.70. The number of amides is 1. The molecule has 1 unspecified atom stereocenters. The molecule has 0 saturated carbocycles. The largest absolute Gasteiger partial charge is 0.497 e. The molecule has 0 aliphatic carbocycles. The normalized spacial score (nSPS) is 17.8. The summed E-state index contributed by atoms with van der Waals surface area (Å²) < 4.78 is 30.8. The highest BCUT2D eigenvalue weighted by Crippen LogP contribution is 2.31. The van der Waals surface area contributed by atoms with Crippen molar-refractivity contribution in [3.8, 4) is 17.0 Å². The summed E-state index contributed by atoms with van der Waals surface area (Å²) >= 11 is 0. The zero-order valence-electron chi connectivity index (χ0n) is 15.9. The molecule has 1 aliphatic rings. The van der Waals surface area contributed by atoms with Crippen LogP contribution in [0, 0.1) is 0 Å². The van der Waals surface area contributed by atoms with Gasteiger partial charge in [-0.25, -0.2) is 13.1 Å². The molecule has 1 amide bonds. The Morgan fingerprint density at radius 2 is 1.86 bits per heavy atom. The highest BCUT2D eigenvalue weighted by Gasteiger charge is 2.31. The van der Waals surface area contributed by atoms with Gasteiger partial charge in [0.2, 0.25) is 0 Å². The van der Waals surface area contributed by atoms with E-state index in [1.807, 2.05) is 30.3 Å². The summed E-state index contributed by atoms with van der Waals surface area (Å²) in [7, 11) is -1.50. The molecule has 4 rings (SSSR count). The van der Waals surface area contributed by atoms with Crippen LogP contribution in [0.4, 0.5) is 5.82 Å². The van der Waals surface area contributed by atoms with Gasteiger partial charge >= 0.3 is 0 Å². The monoisotopic (exact) mass is 411 g/mol. The van der Waals surface area contributed by atoms with Crippen molar-refractivity contribution in [3.63, 3.8) is 0 Å². The number of nitrogens with zero attached hydrogens (tertiary/aromatic N) is 2. The van der Waals surface area contributed by atoms with E-state index in [2.05, 4.69) is 10.4 Å². The fourth-order valence-corrected chi connectivity index (χ4v) is 5.11. The van der Waals surface area contributed by atoms with E-state index < -0.39 is 9.84 Å². The molecular weight excluding hydrogens is 390 g/mol. The Balaban J connectivity index is 1.69. The number of anilines is 1. The van der Waals surface area contributed by atoms with Crippen LogP contribution in [0.5, 0.6) is 5.75 Å². The SMILES string of the molecule is COc1ccc(-c2cc(NC(=O)c3ccccc3)n(C3CCS(=O)(=O)C3)n2)cc1. The standard InChI is InChI=1S/C21H21N3O4S/c1-28-18-9-7-15(8-10-18)19-13-20(22-21(25)16-5-3-2-4-6-16)24(23-19)17-11-12-29(26,27)14-17/h2-10,13,17H,11-12,14H2,1H3,(H,22,25). The van der Waals surface area contributed by atoms with Gasteiger partial charge in [-0.15, -0.1) is 0 Å². The van der Waals surface area contributed by atoms with Gasteiger partial charge in [0.25, 0.3) is 5.91 Å². The third-order valence-electron chi connectivity index (χ3n) is 4.95. The van der Waals surface area contributed by atoms with E-state index in [0.29, 0.717) is 23.5 Å². The fraction of sp³-hybridized carbons (Fsp3) is 0.238. The molecule has 150 valence electrons. The van der Waals surface area contributed by atoms with Crippen LogP contribution in [0.3, 0.4) is 0 Å². The van der Waals surface area contributed by atoms with Crippen molar-refractivity contribution in [2.75, 3.05) is 23.9 Å². The smallest absolute Gasteiger partial charge is 0.256 e. The van der Waals surface area contributed by atoms with Crippen molar-refractivity contribution in [2.45, 2.75) is 12.5 Å². The van der Waals surface area contributed by atoms with E-state index in [9.17, 15) is 13.2 Å². The molecule has 1 saturated heterocycles. The predicted octanol–water partition coefficient (Wildman–Crippen LogP) is 3.17. The van der Waals surface area contributed by atoms with Crippen LogP contribution < -0.4 is 10.1 Å². The van der Waals surface area contributed by atoms with Gasteiger partial charge < -0.3 is 10.1 Å². The minimum absolute atomic E-state index is 0.0188. The highest BCUT2D eigenvalue weighted by molar-refractivity contribution is 7.91. The topological polar surface area (TPSA) is 90.3 Å². The molecule has 2 heterocycles. The Labute approximate surface area is 169 Å². The Hall–Kier alpha value is -3.13. The number of sulfone groups is 1. The average Bonchev–Trinajstić information content (AvgIpc) is 3.31. The van der Waals surface area contributed by atoms with Crippen molar-refractivity contribution >= 4 is 21.6 Å². The second-order valence-corrected chi connectivity index (χ2v) is 9.19. The van der Waals surface area contributed by atoms with Crippen molar-refractivity contribution in [2.24, 2.45) is 0 Å². The van der Waals surface area contributed by atoms with Crippen molar-refractivity contribution in [1.82, 2.24) is 9.78 Å². The first-order valence-corrected chi connectivity index (χ1v) is 11.1. The first-order chi connectivity index (χ1) is 13.9. The van der Waals surface area contributed by atoms with Gasteiger partial charge in [0, 0.05) is 17.2 Å². The maximum atomic E-state index is 12.7. The molecule has 8 heteroatoms. The number of hydrogen-bond donors (Lipinski definition) is 1. The zero-order chi connectivity index (χ0) is 20.4. The number of rotatable bonds is 5. The minimum atomic E-state index is -3.10. The summed E-state index contributed by atoms with van der Waals surface area (Å²) in [6.45, 7) is 0. The lowest BCUT2D eigenvalue weighted by Gasteiger charge is -2.13. The highest BCUT2D eigenvalue weighted by atomic mass is 32.2. The summed E-state index contributed by atoms with van der Waals surface area (Å²) in [5, 5.41) is 7.51. The number of carbonyl (C=O) groups excluding carboxylic acids is 1. The number of aromatic nitrogens is 2. The van der Waals surface area contributed by atoms with E-state index in [0.717, 1.165) is 11.3 Å². The van der Waals surface area contributed by atoms with Crippen LogP contribution in [0.2, 0.25) is 0 Å². The first-order valence-electron chi connectivity index (χ1n) is 9.26. The lowest BCUT2D eigenvalue weighted by molar-refractivity contribution is 0.102. The zero-order valence-corrected chi connectivity index (χ0v) is 16.7. The second-order valence-electron chi connectivity index (χ2n) is 6.96. The molecule has 3 aromatic rings. The van der Waals surface area contributed by atoms with Crippen molar-refractivity contribution in [1.29, 1.82) is 0 Å². The van der Waals surface area contributed by atoms with Crippen molar-refractivity contribution < 1.29 is 17.9 Å². The Morgan fingerprint density at radius 1 is 1.14 bits per heavy atom. The average molecular weight is 411 g/mol. The van der Waals surface area contributed by atoms with Gasteiger partial charge in [0.05, 0.1) is 30.4 Å². The Morgan fingerprint density at radius 3 is 2.48 bits per heavy atom. The fourth-order valence-electron chi connectivity index (χ4n) is 3.42. The van der Waals surface area contributed by atoms with Crippen LogP contribution in [0.15, 0.2) is 60.7 Å². The van der Waals surface area contributed by atoms with Crippen LogP contribution in [0.1, 0.15) is 22.8 Å². The molecule has 7 nitrogen and oxygen atoms in total. The Bertz CT molecular complexity index is 1120. The first kappa shape index (κ1) is 19.2. The van der Waals surface area contributed by atoms with Gasteiger partial charge in [-0.1, -0.05) is 18.2 Å². The van der Waals surface area contributed by atoms with Gasteiger partial charge in [-0.3, -0.25) is 4.79 Å². The van der Waals surface area contributed by atoms with Crippen molar-refractivity contribution in [3.05, 3.63) is 66.2 Å². The van der Waals surface area contributed by atoms with Crippen LogP contribution >= 0.6 is 0 Å². The second kappa shape index (κ2) is 7.71. The maximum Gasteiger partial charge on any atom is 0.256 e. The number of methoxy groups -OCH3 is 1. The van der Waals surface area contributed by atoms with Crippen LogP contribution in [-0.2, 0) is 9.84 Å². The summed E-state index contributed by atoms with van der Waals surface area (Å²) in [4.78, 5) is 12.7. The molecule has 1 aromatic heterocycles. The summed E-state index contributed by atoms with van der Waals surface area (Å²) in [6, 6.07) is 17.7. The molecule has 1 atom stereocenters. The van der Waals surface area contributed by atoms with E-state index in [1.54, 1.807) is 42.1 Å².